The Kier molecular flexibility index (Phi) is 4.31. The van der Waals surface area contributed by atoms with Crippen molar-refractivity contribution in [3.8, 4) is 0 Å². The van der Waals surface area contributed by atoms with Crippen molar-refractivity contribution in [3.63, 3.8) is 0 Å². The molecule has 1 aromatic carbocycles. The standard InChI is InChI=1S/C15H20ClN3O2/c16-12-7-6-10(9-15(12)19(20)21)18-14-4-1-3-11(14)13-5-2-8-17-13/h6-7,9,11,13-14,17-18H,1-5,8H2. The molecule has 1 saturated carbocycles. The third-order valence-corrected chi connectivity index (χ3v) is 5.00. The van der Waals surface area contributed by atoms with Crippen molar-refractivity contribution in [2.75, 3.05) is 11.9 Å². The van der Waals surface area contributed by atoms with Gasteiger partial charge in [0, 0.05) is 23.8 Å². The zero-order valence-corrected chi connectivity index (χ0v) is 12.6. The largest absolute Gasteiger partial charge is 0.382 e. The average molecular weight is 310 g/mol. The summed E-state index contributed by atoms with van der Waals surface area (Å²) in [5, 5.41) is 18.2. The molecule has 3 rings (SSSR count). The molecular formula is C15H20ClN3O2. The maximum Gasteiger partial charge on any atom is 0.289 e. The third-order valence-electron chi connectivity index (χ3n) is 4.68. The van der Waals surface area contributed by atoms with Gasteiger partial charge in [-0.05, 0) is 50.3 Å². The topological polar surface area (TPSA) is 67.2 Å². The van der Waals surface area contributed by atoms with Crippen LogP contribution in [0.25, 0.3) is 0 Å². The molecule has 1 heterocycles. The predicted octanol–water partition coefficient (Wildman–Crippen LogP) is 3.58. The zero-order valence-electron chi connectivity index (χ0n) is 11.8. The molecule has 0 spiro atoms. The van der Waals surface area contributed by atoms with Gasteiger partial charge in [-0.15, -0.1) is 0 Å². The Hall–Kier alpha value is -1.33. The minimum Gasteiger partial charge on any atom is -0.382 e. The van der Waals surface area contributed by atoms with E-state index in [2.05, 4.69) is 10.6 Å². The van der Waals surface area contributed by atoms with Gasteiger partial charge in [0.1, 0.15) is 5.02 Å². The van der Waals surface area contributed by atoms with Crippen molar-refractivity contribution < 1.29 is 4.92 Å². The fourth-order valence-corrected chi connectivity index (χ4v) is 3.87. The molecular weight excluding hydrogens is 290 g/mol. The highest BCUT2D eigenvalue weighted by molar-refractivity contribution is 6.32. The molecule has 3 atom stereocenters. The van der Waals surface area contributed by atoms with Gasteiger partial charge in [-0.1, -0.05) is 18.0 Å². The number of benzene rings is 1. The Labute approximate surface area is 129 Å². The minimum atomic E-state index is -0.432. The number of nitro groups is 1. The number of nitrogens with one attached hydrogen (secondary N) is 2. The number of nitrogens with zero attached hydrogens (tertiary/aromatic N) is 1. The summed E-state index contributed by atoms with van der Waals surface area (Å²) in [6, 6.07) is 5.94. The molecule has 114 valence electrons. The molecule has 0 aromatic heterocycles. The molecule has 1 aliphatic carbocycles. The smallest absolute Gasteiger partial charge is 0.289 e. The van der Waals surface area contributed by atoms with E-state index in [1.54, 1.807) is 12.1 Å². The summed E-state index contributed by atoms with van der Waals surface area (Å²) in [4.78, 5) is 10.5. The quantitative estimate of drug-likeness (QED) is 0.659. The molecule has 2 aliphatic rings. The third kappa shape index (κ3) is 3.14. The van der Waals surface area contributed by atoms with E-state index in [1.807, 2.05) is 6.07 Å². The van der Waals surface area contributed by atoms with Crippen molar-refractivity contribution in [3.05, 3.63) is 33.3 Å². The molecule has 3 unspecified atom stereocenters. The lowest BCUT2D eigenvalue weighted by atomic mass is 9.93. The zero-order chi connectivity index (χ0) is 14.8. The van der Waals surface area contributed by atoms with Crippen molar-refractivity contribution in [2.24, 2.45) is 5.92 Å². The van der Waals surface area contributed by atoms with Crippen LogP contribution in [0.5, 0.6) is 0 Å². The first-order chi connectivity index (χ1) is 10.1. The number of hydrogen-bond acceptors (Lipinski definition) is 4. The van der Waals surface area contributed by atoms with E-state index >= 15 is 0 Å². The molecule has 0 amide bonds. The normalized spacial score (nSPS) is 28.7. The molecule has 2 fully saturated rings. The second kappa shape index (κ2) is 6.20. The van der Waals surface area contributed by atoms with Crippen LogP contribution in [0.2, 0.25) is 5.02 Å². The van der Waals surface area contributed by atoms with Crippen LogP contribution in [-0.2, 0) is 0 Å². The first-order valence-corrected chi connectivity index (χ1v) is 7.97. The van der Waals surface area contributed by atoms with E-state index in [0.29, 0.717) is 18.0 Å². The van der Waals surface area contributed by atoms with Gasteiger partial charge in [-0.3, -0.25) is 10.1 Å². The Morgan fingerprint density at radius 3 is 2.86 bits per heavy atom. The summed E-state index contributed by atoms with van der Waals surface area (Å²) < 4.78 is 0. The molecule has 1 aliphatic heterocycles. The van der Waals surface area contributed by atoms with E-state index in [4.69, 9.17) is 11.6 Å². The van der Waals surface area contributed by atoms with Crippen LogP contribution in [0, 0.1) is 16.0 Å². The highest BCUT2D eigenvalue weighted by Crippen LogP contribution is 2.35. The highest BCUT2D eigenvalue weighted by Gasteiger charge is 2.35. The van der Waals surface area contributed by atoms with Gasteiger partial charge in [0.15, 0.2) is 0 Å². The van der Waals surface area contributed by atoms with Crippen LogP contribution in [0.3, 0.4) is 0 Å². The van der Waals surface area contributed by atoms with E-state index < -0.39 is 4.92 Å². The monoisotopic (exact) mass is 309 g/mol. The van der Waals surface area contributed by atoms with Crippen LogP contribution in [0.4, 0.5) is 11.4 Å². The van der Waals surface area contributed by atoms with Gasteiger partial charge < -0.3 is 10.6 Å². The Morgan fingerprint density at radius 1 is 1.29 bits per heavy atom. The summed E-state index contributed by atoms with van der Waals surface area (Å²) in [5.41, 5.74) is 0.760. The van der Waals surface area contributed by atoms with Gasteiger partial charge in [0.05, 0.1) is 4.92 Å². The van der Waals surface area contributed by atoms with Crippen LogP contribution < -0.4 is 10.6 Å². The summed E-state index contributed by atoms with van der Waals surface area (Å²) >= 11 is 5.86. The lowest BCUT2D eigenvalue weighted by molar-refractivity contribution is -0.384. The molecule has 0 bridgehead atoms. The van der Waals surface area contributed by atoms with Crippen molar-refractivity contribution in [1.82, 2.24) is 5.32 Å². The number of nitro benzene ring substituents is 1. The molecule has 1 aromatic rings. The van der Waals surface area contributed by atoms with Crippen LogP contribution in [0.1, 0.15) is 32.1 Å². The molecule has 0 radical (unpaired) electrons. The summed E-state index contributed by atoms with van der Waals surface area (Å²) in [6.07, 6.45) is 6.06. The molecule has 21 heavy (non-hydrogen) atoms. The molecule has 2 N–H and O–H groups in total. The van der Waals surface area contributed by atoms with E-state index in [-0.39, 0.29) is 10.7 Å². The first-order valence-electron chi connectivity index (χ1n) is 7.59. The minimum absolute atomic E-state index is 0.0322. The number of hydrogen-bond donors (Lipinski definition) is 2. The maximum absolute atomic E-state index is 11.0. The molecule has 1 saturated heterocycles. The van der Waals surface area contributed by atoms with E-state index in [0.717, 1.165) is 18.7 Å². The van der Waals surface area contributed by atoms with Gasteiger partial charge >= 0.3 is 0 Å². The highest BCUT2D eigenvalue weighted by atomic mass is 35.5. The van der Waals surface area contributed by atoms with Crippen molar-refractivity contribution in [1.29, 1.82) is 0 Å². The van der Waals surface area contributed by atoms with E-state index in [1.165, 1.54) is 25.7 Å². The maximum atomic E-state index is 11.0. The lowest BCUT2D eigenvalue weighted by Crippen LogP contribution is -2.38. The fraction of sp³-hybridized carbons (Fsp3) is 0.600. The molecule has 5 nitrogen and oxygen atoms in total. The summed E-state index contributed by atoms with van der Waals surface area (Å²) in [5.74, 6) is 0.613. The Bertz CT molecular complexity index is 532. The average Bonchev–Trinajstić information content (AvgIpc) is 3.11. The fourth-order valence-electron chi connectivity index (χ4n) is 3.68. The van der Waals surface area contributed by atoms with E-state index in [9.17, 15) is 10.1 Å². The number of rotatable bonds is 4. The molecule has 6 heteroatoms. The Morgan fingerprint density at radius 2 is 2.14 bits per heavy atom. The number of halogens is 1. The van der Waals surface area contributed by atoms with Crippen LogP contribution >= 0.6 is 11.6 Å². The van der Waals surface area contributed by atoms with Crippen LogP contribution in [0.15, 0.2) is 18.2 Å². The summed E-state index contributed by atoms with van der Waals surface area (Å²) in [6.45, 7) is 1.11. The second-order valence-corrected chi connectivity index (χ2v) is 6.38. The van der Waals surface area contributed by atoms with Crippen molar-refractivity contribution in [2.45, 2.75) is 44.2 Å². The predicted molar refractivity (Wildman–Crippen MR) is 83.9 cm³/mol. The SMILES string of the molecule is O=[N+]([O-])c1cc(NC2CCCC2C2CCCN2)ccc1Cl. The van der Waals surface area contributed by atoms with Crippen LogP contribution in [-0.4, -0.2) is 23.6 Å². The van der Waals surface area contributed by atoms with Gasteiger partial charge in [-0.2, -0.15) is 0 Å². The van der Waals surface area contributed by atoms with Crippen molar-refractivity contribution >= 4 is 23.0 Å². The first kappa shape index (κ1) is 14.6. The van der Waals surface area contributed by atoms with Gasteiger partial charge in [-0.25, -0.2) is 0 Å². The van der Waals surface area contributed by atoms with Gasteiger partial charge in [0.2, 0.25) is 0 Å². The van der Waals surface area contributed by atoms with Gasteiger partial charge in [0.25, 0.3) is 5.69 Å². The lowest BCUT2D eigenvalue weighted by Gasteiger charge is -2.27. The second-order valence-electron chi connectivity index (χ2n) is 5.97. The Balaban J connectivity index is 1.73. The number of anilines is 1. The summed E-state index contributed by atoms with van der Waals surface area (Å²) in [7, 11) is 0.